The van der Waals surface area contributed by atoms with Gasteiger partial charge in [-0.3, -0.25) is 4.99 Å². The second-order valence-corrected chi connectivity index (χ2v) is 7.97. The summed E-state index contributed by atoms with van der Waals surface area (Å²) in [5.41, 5.74) is 3.69. The predicted molar refractivity (Wildman–Crippen MR) is 137 cm³/mol. The number of hydrogen-bond donors (Lipinski definition) is 0. The van der Waals surface area contributed by atoms with Crippen molar-refractivity contribution >= 4 is 22.8 Å². The van der Waals surface area contributed by atoms with E-state index in [0.29, 0.717) is 0 Å². The molecule has 164 valence electrons. The first kappa shape index (κ1) is 24.6. The number of aliphatic imine (C=N–C) groups is 2. The van der Waals surface area contributed by atoms with E-state index in [4.69, 9.17) is 9.98 Å². The lowest BCUT2D eigenvalue weighted by Crippen LogP contribution is -2.12. The van der Waals surface area contributed by atoms with Crippen molar-refractivity contribution in [2.45, 2.75) is 84.5 Å². The van der Waals surface area contributed by atoms with Crippen LogP contribution in [-0.2, 0) is 0 Å². The Morgan fingerprint density at radius 2 is 1.19 bits per heavy atom. The van der Waals surface area contributed by atoms with E-state index >= 15 is 0 Å². The quantitative estimate of drug-likeness (QED) is 0.178. The molecule has 0 aliphatic carbocycles. The Morgan fingerprint density at radius 1 is 0.645 bits per heavy atom. The predicted octanol–water partition coefficient (Wildman–Crippen LogP) is 8.87. The fourth-order valence-corrected chi connectivity index (χ4v) is 3.34. The zero-order valence-electron chi connectivity index (χ0n) is 19.4. The van der Waals surface area contributed by atoms with Crippen LogP contribution in [-0.4, -0.2) is 11.4 Å². The summed E-state index contributed by atoms with van der Waals surface area (Å²) in [5.74, 6) is 6.77. The summed E-state index contributed by atoms with van der Waals surface area (Å²) in [6.07, 6.45) is 13.2. The molecule has 0 aliphatic heterocycles. The Morgan fingerprint density at radius 3 is 1.81 bits per heavy atom. The minimum Gasteiger partial charge on any atom is -0.251 e. The number of rotatable bonds is 13. The van der Waals surface area contributed by atoms with Gasteiger partial charge in [0.2, 0.25) is 0 Å². The summed E-state index contributed by atoms with van der Waals surface area (Å²) in [6, 6.07) is 20.2. The summed E-state index contributed by atoms with van der Waals surface area (Å²) < 4.78 is 0. The molecule has 0 atom stereocenters. The average Bonchev–Trinajstić information content (AvgIpc) is 2.81. The van der Waals surface area contributed by atoms with Crippen LogP contribution in [0.3, 0.4) is 0 Å². The Bertz CT molecular complexity index is 839. The van der Waals surface area contributed by atoms with E-state index in [1.54, 1.807) is 0 Å². The number of para-hydroxylation sites is 2. The van der Waals surface area contributed by atoms with E-state index in [1.807, 2.05) is 60.7 Å². The third-order valence-electron chi connectivity index (χ3n) is 5.17. The van der Waals surface area contributed by atoms with Gasteiger partial charge >= 0.3 is 0 Å². The lowest BCUT2D eigenvalue weighted by molar-refractivity contribution is 0.594. The highest BCUT2D eigenvalue weighted by Gasteiger charge is 2.08. The van der Waals surface area contributed by atoms with Gasteiger partial charge in [-0.2, -0.15) is 0 Å². The molecule has 0 saturated carbocycles. The van der Waals surface area contributed by atoms with E-state index in [1.165, 1.54) is 38.5 Å². The normalized spacial score (nSPS) is 11.8. The second-order valence-electron chi connectivity index (χ2n) is 7.97. The van der Waals surface area contributed by atoms with Crippen LogP contribution >= 0.6 is 0 Å². The van der Waals surface area contributed by atoms with Crippen molar-refractivity contribution in [3.8, 4) is 11.8 Å². The molecule has 0 saturated heterocycles. The SMILES string of the molecule is CCCCCCCCCC#CC(=Nc1ccccc1)C(CCCC)=Nc1ccccc1. The average molecular weight is 415 g/mol. The van der Waals surface area contributed by atoms with Crippen molar-refractivity contribution in [1.82, 2.24) is 0 Å². The van der Waals surface area contributed by atoms with Gasteiger partial charge in [0.1, 0.15) is 5.71 Å². The highest BCUT2D eigenvalue weighted by Crippen LogP contribution is 2.16. The summed E-state index contributed by atoms with van der Waals surface area (Å²) in [7, 11) is 0. The zero-order chi connectivity index (χ0) is 22.0. The van der Waals surface area contributed by atoms with Crippen LogP contribution in [0.15, 0.2) is 70.6 Å². The molecule has 2 rings (SSSR count). The first-order valence-corrected chi connectivity index (χ1v) is 12.1. The topological polar surface area (TPSA) is 24.7 Å². The van der Waals surface area contributed by atoms with Gasteiger partial charge in [0.05, 0.1) is 17.1 Å². The molecule has 0 heterocycles. The van der Waals surface area contributed by atoms with Gasteiger partial charge in [-0.15, -0.1) is 0 Å². The third kappa shape index (κ3) is 10.8. The highest BCUT2D eigenvalue weighted by atomic mass is 14.8. The molecule has 0 N–H and O–H groups in total. The van der Waals surface area contributed by atoms with Crippen LogP contribution in [0.25, 0.3) is 0 Å². The van der Waals surface area contributed by atoms with Gasteiger partial charge in [-0.25, -0.2) is 4.99 Å². The number of unbranched alkanes of at least 4 members (excludes halogenated alkanes) is 8. The Labute approximate surface area is 189 Å². The van der Waals surface area contributed by atoms with Crippen LogP contribution in [0.4, 0.5) is 11.4 Å². The van der Waals surface area contributed by atoms with Crippen LogP contribution in [0.2, 0.25) is 0 Å². The number of benzene rings is 2. The van der Waals surface area contributed by atoms with Gasteiger partial charge in [-0.1, -0.05) is 101 Å². The summed E-state index contributed by atoms with van der Waals surface area (Å²) >= 11 is 0. The number of nitrogens with zero attached hydrogens (tertiary/aromatic N) is 2. The second kappa shape index (κ2) is 16.1. The molecule has 2 aromatic carbocycles. The molecule has 0 unspecified atom stereocenters. The Kier molecular flexibility index (Phi) is 12.8. The largest absolute Gasteiger partial charge is 0.251 e. The van der Waals surface area contributed by atoms with Gasteiger partial charge in [0, 0.05) is 6.42 Å². The standard InChI is InChI=1S/C29H38N2/c1-3-5-7-8-9-10-11-12-19-25-29(31-27-22-17-14-18-23-27)28(24-6-4-2)30-26-20-15-13-16-21-26/h13-18,20-23H,3-12,24H2,1-2H3. The molecule has 0 aliphatic rings. The Hall–Kier alpha value is -2.66. The van der Waals surface area contributed by atoms with Crippen LogP contribution in [0.5, 0.6) is 0 Å². The van der Waals surface area contributed by atoms with E-state index in [0.717, 1.165) is 54.9 Å². The third-order valence-corrected chi connectivity index (χ3v) is 5.17. The first-order chi connectivity index (χ1) is 15.3. The molecule has 0 radical (unpaired) electrons. The van der Waals surface area contributed by atoms with Gasteiger partial charge < -0.3 is 0 Å². The number of hydrogen-bond acceptors (Lipinski definition) is 2. The maximum Gasteiger partial charge on any atom is 0.135 e. The van der Waals surface area contributed by atoms with E-state index in [2.05, 4.69) is 25.7 Å². The van der Waals surface area contributed by atoms with Gasteiger partial charge in [-0.05, 0) is 49.4 Å². The summed E-state index contributed by atoms with van der Waals surface area (Å²) in [6.45, 7) is 4.47. The van der Waals surface area contributed by atoms with E-state index in [9.17, 15) is 0 Å². The Balaban J connectivity index is 2.14. The molecular formula is C29H38N2. The molecule has 0 bridgehead atoms. The minimum absolute atomic E-state index is 0.812. The molecule has 2 aromatic rings. The van der Waals surface area contributed by atoms with Gasteiger partial charge in [0.25, 0.3) is 0 Å². The molecule has 2 heteroatoms. The van der Waals surface area contributed by atoms with Crippen molar-refractivity contribution in [2.24, 2.45) is 9.98 Å². The van der Waals surface area contributed by atoms with Crippen molar-refractivity contribution < 1.29 is 0 Å². The molecule has 2 nitrogen and oxygen atoms in total. The van der Waals surface area contributed by atoms with E-state index in [-0.39, 0.29) is 0 Å². The molecule has 31 heavy (non-hydrogen) atoms. The van der Waals surface area contributed by atoms with Crippen molar-refractivity contribution in [1.29, 1.82) is 0 Å². The van der Waals surface area contributed by atoms with Gasteiger partial charge in [0.15, 0.2) is 0 Å². The van der Waals surface area contributed by atoms with Crippen LogP contribution < -0.4 is 0 Å². The molecule has 0 fully saturated rings. The molecule has 0 amide bonds. The molecule has 0 aromatic heterocycles. The maximum atomic E-state index is 4.93. The highest BCUT2D eigenvalue weighted by molar-refractivity contribution is 6.49. The minimum atomic E-state index is 0.812. The van der Waals surface area contributed by atoms with Crippen molar-refractivity contribution in [3.05, 3.63) is 60.7 Å². The van der Waals surface area contributed by atoms with Crippen LogP contribution in [0.1, 0.15) is 84.5 Å². The van der Waals surface area contributed by atoms with Crippen LogP contribution in [0, 0.1) is 11.8 Å². The fourth-order valence-electron chi connectivity index (χ4n) is 3.34. The molecule has 0 spiro atoms. The first-order valence-electron chi connectivity index (χ1n) is 12.1. The smallest absolute Gasteiger partial charge is 0.135 e. The maximum absolute atomic E-state index is 4.93. The van der Waals surface area contributed by atoms with E-state index < -0.39 is 0 Å². The lowest BCUT2D eigenvalue weighted by atomic mass is 10.1. The summed E-state index contributed by atoms with van der Waals surface area (Å²) in [4.78, 5) is 9.82. The lowest BCUT2D eigenvalue weighted by Gasteiger charge is -2.06. The van der Waals surface area contributed by atoms with Crippen molar-refractivity contribution in [3.63, 3.8) is 0 Å². The van der Waals surface area contributed by atoms with Crippen molar-refractivity contribution in [2.75, 3.05) is 0 Å². The monoisotopic (exact) mass is 414 g/mol. The summed E-state index contributed by atoms with van der Waals surface area (Å²) in [5, 5.41) is 0. The molecular weight excluding hydrogens is 376 g/mol. The zero-order valence-corrected chi connectivity index (χ0v) is 19.4. The fraction of sp³-hybridized carbons (Fsp3) is 0.448.